The Labute approximate surface area is 140 Å². The van der Waals surface area contributed by atoms with Crippen LogP contribution in [-0.2, 0) is 11.8 Å². The van der Waals surface area contributed by atoms with Crippen molar-refractivity contribution in [1.82, 2.24) is 0 Å². The maximum Gasteiger partial charge on any atom is 0.460 e. The van der Waals surface area contributed by atoms with Gasteiger partial charge in [-0.25, -0.2) is 0 Å². The van der Waals surface area contributed by atoms with Crippen molar-refractivity contribution in [3.63, 3.8) is 0 Å². The average molecular weight is 427 g/mol. The van der Waals surface area contributed by atoms with E-state index in [2.05, 4.69) is 6.92 Å². The van der Waals surface area contributed by atoms with E-state index >= 15 is 0 Å². The quantitative estimate of drug-likeness (QED) is 0.485. The monoisotopic (exact) mass is 427 g/mol. The number of halogens is 14. The highest BCUT2D eigenvalue weighted by molar-refractivity contribution is 5.40. The summed E-state index contributed by atoms with van der Waals surface area (Å²) in [7, 11) is 0. The topological polar surface area (TPSA) is 0 Å². The van der Waals surface area contributed by atoms with Crippen molar-refractivity contribution >= 4 is 0 Å². The van der Waals surface area contributed by atoms with Crippen LogP contribution in [0, 0.1) is 6.92 Å². The third kappa shape index (κ3) is 3.42. The van der Waals surface area contributed by atoms with Gasteiger partial charge in [-0.1, -0.05) is 12.1 Å². The van der Waals surface area contributed by atoms with E-state index in [0.717, 1.165) is 0 Å². The van der Waals surface area contributed by atoms with Crippen LogP contribution in [0.4, 0.5) is 61.5 Å². The Kier molecular flexibility index (Phi) is 5.28. The Balaban J connectivity index is 3.67. The lowest BCUT2D eigenvalue weighted by molar-refractivity contribution is -0.361. The fraction of sp³-hybridized carbons (Fsp3) is 0.462. The van der Waals surface area contributed by atoms with E-state index in [1.807, 2.05) is 0 Å². The maximum atomic E-state index is 13.6. The van der Waals surface area contributed by atoms with Gasteiger partial charge in [-0.15, -0.1) is 0 Å². The van der Waals surface area contributed by atoms with E-state index < -0.39 is 58.8 Å². The van der Waals surface area contributed by atoms with Gasteiger partial charge < -0.3 is 0 Å². The van der Waals surface area contributed by atoms with Crippen molar-refractivity contribution in [3.8, 4) is 0 Å². The van der Waals surface area contributed by atoms with Gasteiger partial charge in [-0.05, 0) is 18.6 Å². The van der Waals surface area contributed by atoms with Crippen LogP contribution in [0.2, 0.25) is 0 Å². The Morgan fingerprint density at radius 2 is 0.926 bits per heavy atom. The Morgan fingerprint density at radius 1 is 0.556 bits per heavy atom. The molecule has 0 heterocycles. The molecule has 14 heteroatoms. The minimum atomic E-state index is -6.91. The summed E-state index contributed by atoms with van der Waals surface area (Å²) in [5.74, 6) is -26.3. The normalized spacial score (nSPS) is 15.2. The molecule has 1 radical (unpaired) electrons. The molecule has 0 saturated heterocycles. The van der Waals surface area contributed by atoms with Crippen molar-refractivity contribution in [2.75, 3.05) is 0 Å². The van der Waals surface area contributed by atoms with Crippen molar-refractivity contribution in [2.24, 2.45) is 0 Å². The maximum absolute atomic E-state index is 13.6. The first-order valence-corrected chi connectivity index (χ1v) is 6.24. The molecule has 27 heavy (non-hydrogen) atoms. The molecule has 0 aliphatic rings. The zero-order valence-corrected chi connectivity index (χ0v) is 12.2. The summed E-state index contributed by atoms with van der Waals surface area (Å²) in [5.41, 5.74) is -6.59. The molecule has 0 nitrogen and oxygen atoms in total. The van der Waals surface area contributed by atoms with Crippen LogP contribution in [0.1, 0.15) is 16.7 Å². The SMILES string of the molecule is [CH2]c1ccc(C(F)(F)C(F)(F)C(F)(F)F)cc1C(F)(F)C(F)(F)C(F)(F)F. The molecular formula is C13H5F14. The predicted octanol–water partition coefficient (Wildman–Crippen LogP) is 6.45. The van der Waals surface area contributed by atoms with Crippen LogP contribution in [0.3, 0.4) is 0 Å². The van der Waals surface area contributed by atoms with E-state index in [0.29, 0.717) is 0 Å². The summed E-state index contributed by atoms with van der Waals surface area (Å²) in [5, 5.41) is 0. The highest BCUT2D eigenvalue weighted by Gasteiger charge is 2.75. The van der Waals surface area contributed by atoms with Crippen LogP contribution in [0.25, 0.3) is 0 Å². The number of alkyl halides is 14. The molecule has 1 aromatic rings. The lowest BCUT2D eigenvalue weighted by atomic mass is 9.91. The molecule has 155 valence electrons. The van der Waals surface area contributed by atoms with Gasteiger partial charge in [0.15, 0.2) is 0 Å². The second-order valence-corrected chi connectivity index (χ2v) is 5.17. The first-order chi connectivity index (χ1) is 11.6. The standard InChI is InChI=1S/C13H5F14/c1-5-2-3-6(8(14,15)10(18,19)12(22,23)24)4-7(5)9(16,17)11(20,21)13(25,26)27/h2-4H,1H2. The van der Waals surface area contributed by atoms with Crippen LogP contribution < -0.4 is 0 Å². The molecule has 0 unspecified atom stereocenters. The molecule has 0 aromatic heterocycles. The number of hydrogen-bond donors (Lipinski definition) is 0. The molecule has 0 saturated carbocycles. The zero-order valence-electron chi connectivity index (χ0n) is 12.2. The number of rotatable bonds is 4. The van der Waals surface area contributed by atoms with E-state index in [1.54, 1.807) is 0 Å². The summed E-state index contributed by atoms with van der Waals surface area (Å²) in [6.45, 7) is 2.58. The Morgan fingerprint density at radius 3 is 1.30 bits per heavy atom. The molecule has 1 rings (SSSR count). The summed E-state index contributed by atoms with van der Waals surface area (Å²) in [6, 6.07) is -1.40. The van der Waals surface area contributed by atoms with Crippen LogP contribution in [-0.4, -0.2) is 24.2 Å². The number of benzene rings is 1. The smallest absolute Gasteiger partial charge is 0.194 e. The molecule has 0 amide bonds. The van der Waals surface area contributed by atoms with Gasteiger partial charge in [0.05, 0.1) is 0 Å². The van der Waals surface area contributed by atoms with Crippen molar-refractivity contribution in [2.45, 2.75) is 36.0 Å². The minimum Gasteiger partial charge on any atom is -0.194 e. The molecule has 0 fully saturated rings. The molecular weight excluding hydrogens is 422 g/mol. The van der Waals surface area contributed by atoms with Crippen LogP contribution in [0.15, 0.2) is 18.2 Å². The molecule has 0 atom stereocenters. The largest absolute Gasteiger partial charge is 0.460 e. The van der Waals surface area contributed by atoms with Gasteiger partial charge in [-0.2, -0.15) is 61.5 Å². The highest BCUT2D eigenvalue weighted by atomic mass is 19.4. The summed E-state index contributed by atoms with van der Waals surface area (Å²) >= 11 is 0. The molecule has 1 aromatic carbocycles. The van der Waals surface area contributed by atoms with Crippen LogP contribution in [0.5, 0.6) is 0 Å². The third-order valence-electron chi connectivity index (χ3n) is 3.31. The van der Waals surface area contributed by atoms with Crippen LogP contribution >= 0.6 is 0 Å². The molecule has 0 N–H and O–H groups in total. The molecule has 0 aliphatic heterocycles. The first kappa shape index (κ1) is 23.3. The van der Waals surface area contributed by atoms with Gasteiger partial charge in [0.25, 0.3) is 0 Å². The Hall–Kier alpha value is -1.76. The number of hydrogen-bond acceptors (Lipinski definition) is 0. The fourth-order valence-electron chi connectivity index (χ4n) is 1.77. The highest BCUT2D eigenvalue weighted by Crippen LogP contribution is 2.55. The Bertz CT molecular complexity index is 694. The van der Waals surface area contributed by atoms with Gasteiger partial charge in [0.1, 0.15) is 0 Å². The zero-order chi connectivity index (χ0) is 21.9. The van der Waals surface area contributed by atoms with Gasteiger partial charge in [-0.3, -0.25) is 0 Å². The molecule has 0 aliphatic carbocycles. The van der Waals surface area contributed by atoms with Crippen molar-refractivity contribution < 1.29 is 61.5 Å². The van der Waals surface area contributed by atoms with Crippen molar-refractivity contribution in [1.29, 1.82) is 0 Å². The summed E-state index contributed by atoms with van der Waals surface area (Å²) in [6.07, 6.45) is -13.8. The molecule has 0 bridgehead atoms. The minimum absolute atomic E-state index is 0.120. The average Bonchev–Trinajstić information content (AvgIpc) is 2.44. The molecule has 0 spiro atoms. The van der Waals surface area contributed by atoms with E-state index in [4.69, 9.17) is 0 Å². The second-order valence-electron chi connectivity index (χ2n) is 5.17. The van der Waals surface area contributed by atoms with E-state index in [1.165, 1.54) is 0 Å². The van der Waals surface area contributed by atoms with Crippen molar-refractivity contribution in [3.05, 3.63) is 41.8 Å². The van der Waals surface area contributed by atoms with E-state index in [9.17, 15) is 61.5 Å². The predicted molar refractivity (Wildman–Crippen MR) is 60.7 cm³/mol. The van der Waals surface area contributed by atoms with Gasteiger partial charge >= 0.3 is 36.0 Å². The lowest BCUT2D eigenvalue weighted by Gasteiger charge is -2.31. The second kappa shape index (κ2) is 6.12. The van der Waals surface area contributed by atoms with Gasteiger partial charge in [0, 0.05) is 11.1 Å². The fourth-order valence-corrected chi connectivity index (χ4v) is 1.77. The third-order valence-corrected chi connectivity index (χ3v) is 3.31. The van der Waals surface area contributed by atoms with Gasteiger partial charge in [0.2, 0.25) is 0 Å². The summed E-state index contributed by atoms with van der Waals surface area (Å²) < 4.78 is 179. The van der Waals surface area contributed by atoms with E-state index in [-0.39, 0.29) is 12.1 Å². The lowest BCUT2D eigenvalue weighted by Crippen LogP contribution is -2.51. The summed E-state index contributed by atoms with van der Waals surface area (Å²) in [4.78, 5) is 0. The first-order valence-electron chi connectivity index (χ1n) is 6.24.